The number of hydrogen-bond donors (Lipinski definition) is 1. The second-order valence-corrected chi connectivity index (χ2v) is 12.5. The van der Waals surface area contributed by atoms with Gasteiger partial charge in [0, 0.05) is 26.2 Å². The third kappa shape index (κ3) is 10.4. The van der Waals surface area contributed by atoms with E-state index in [1.165, 1.54) is 7.11 Å². The largest absolute Gasteiger partial charge is 0.493 e. The molecule has 1 aromatic rings. The van der Waals surface area contributed by atoms with E-state index in [0.29, 0.717) is 69.8 Å². The van der Waals surface area contributed by atoms with Crippen LogP contribution in [-0.4, -0.2) is 92.8 Å². The Morgan fingerprint density at radius 1 is 0.977 bits per heavy atom. The Morgan fingerprint density at radius 3 is 2.32 bits per heavy atom. The summed E-state index contributed by atoms with van der Waals surface area (Å²) in [6.07, 6.45) is 7.82. The van der Waals surface area contributed by atoms with Gasteiger partial charge in [-0.15, -0.1) is 0 Å². The lowest BCUT2D eigenvalue weighted by Crippen LogP contribution is -2.49. The number of aryl methyl sites for hydroxylation is 1. The van der Waals surface area contributed by atoms with Crippen LogP contribution in [0.4, 0.5) is 4.79 Å². The van der Waals surface area contributed by atoms with Crippen molar-refractivity contribution in [2.45, 2.75) is 77.4 Å². The number of carbonyl (C=O) groups is 4. The molecule has 3 amide bonds. The number of nitrogens with one attached hydrogen (secondary N) is 1. The number of esters is 1. The number of allylic oxidation sites excluding steroid dienone is 1. The summed E-state index contributed by atoms with van der Waals surface area (Å²) >= 11 is 0. The summed E-state index contributed by atoms with van der Waals surface area (Å²) in [6.45, 7) is 7.59. The smallest absolute Gasteiger partial charge is 0.410 e. The monoisotopic (exact) mass is 615 g/mol. The number of carbonyl (C=O) groups excluding carboxylic acids is 4. The molecule has 0 aliphatic carbocycles. The first kappa shape index (κ1) is 34.7. The van der Waals surface area contributed by atoms with Crippen molar-refractivity contribution in [2.24, 2.45) is 11.8 Å². The number of piperidine rings is 2. The van der Waals surface area contributed by atoms with Gasteiger partial charge < -0.3 is 34.1 Å². The standard InChI is InChI=1S/C33H49N3O8/c1-33(2,3)44-32(40)35-19-16-23(17-20-35)13-15-29(37)36-18-8-10-25(22-36)30(38)34-26(31(39)43-6)11-7-9-24-12-14-27(41-4)28(21-24)42-5/h12-15,21,23,25-26H,7-11,16-20,22H2,1-6H3,(H,34,38)/b15-13+/t25-,26+/m1/s1. The summed E-state index contributed by atoms with van der Waals surface area (Å²) in [5, 5.41) is 2.88. The van der Waals surface area contributed by atoms with Gasteiger partial charge in [0.2, 0.25) is 11.8 Å². The lowest BCUT2D eigenvalue weighted by Gasteiger charge is -2.33. The summed E-state index contributed by atoms with van der Waals surface area (Å²) in [7, 11) is 4.48. The van der Waals surface area contributed by atoms with Crippen LogP contribution in [0.25, 0.3) is 0 Å². The van der Waals surface area contributed by atoms with Crippen LogP contribution in [-0.2, 0) is 30.3 Å². The average Bonchev–Trinajstić information content (AvgIpc) is 3.01. The van der Waals surface area contributed by atoms with Gasteiger partial charge in [0.1, 0.15) is 11.6 Å². The normalized spacial score (nSPS) is 18.5. The van der Waals surface area contributed by atoms with Crippen molar-refractivity contribution in [3.05, 3.63) is 35.9 Å². The van der Waals surface area contributed by atoms with Gasteiger partial charge in [-0.25, -0.2) is 9.59 Å². The molecular formula is C33H49N3O8. The molecule has 2 aliphatic heterocycles. The molecule has 0 spiro atoms. The molecule has 2 aliphatic rings. The zero-order valence-electron chi connectivity index (χ0n) is 27.1. The highest BCUT2D eigenvalue weighted by Gasteiger charge is 2.31. The summed E-state index contributed by atoms with van der Waals surface area (Å²) in [4.78, 5) is 54.5. The van der Waals surface area contributed by atoms with Crippen LogP contribution in [0.2, 0.25) is 0 Å². The van der Waals surface area contributed by atoms with E-state index in [4.69, 9.17) is 18.9 Å². The summed E-state index contributed by atoms with van der Waals surface area (Å²) in [5.41, 5.74) is 0.497. The van der Waals surface area contributed by atoms with Crippen LogP contribution in [0.3, 0.4) is 0 Å². The van der Waals surface area contributed by atoms with E-state index in [-0.39, 0.29) is 23.8 Å². The van der Waals surface area contributed by atoms with Crippen LogP contribution in [0.5, 0.6) is 11.5 Å². The molecule has 11 nitrogen and oxygen atoms in total. The van der Waals surface area contributed by atoms with Crippen molar-refractivity contribution in [2.75, 3.05) is 47.5 Å². The molecule has 0 saturated carbocycles. The molecule has 2 atom stereocenters. The van der Waals surface area contributed by atoms with Crippen molar-refractivity contribution in [1.29, 1.82) is 0 Å². The molecule has 11 heteroatoms. The topological polar surface area (TPSA) is 124 Å². The maximum absolute atomic E-state index is 13.2. The average molecular weight is 616 g/mol. The molecule has 0 bridgehead atoms. The second-order valence-electron chi connectivity index (χ2n) is 12.5. The van der Waals surface area contributed by atoms with E-state index in [0.717, 1.165) is 18.4 Å². The van der Waals surface area contributed by atoms with E-state index in [1.807, 2.05) is 45.0 Å². The highest BCUT2D eigenvalue weighted by atomic mass is 16.6. The number of benzene rings is 1. The van der Waals surface area contributed by atoms with Gasteiger partial charge in [-0.2, -0.15) is 0 Å². The number of nitrogens with zero attached hydrogens (tertiary/aromatic N) is 2. The Balaban J connectivity index is 1.48. The van der Waals surface area contributed by atoms with Gasteiger partial charge in [0.25, 0.3) is 0 Å². The van der Waals surface area contributed by atoms with Gasteiger partial charge in [0.15, 0.2) is 11.5 Å². The number of hydrogen-bond acceptors (Lipinski definition) is 8. The Kier molecular flexibility index (Phi) is 12.9. The molecule has 244 valence electrons. The predicted molar refractivity (Wildman–Crippen MR) is 165 cm³/mol. The Hall–Kier alpha value is -3.76. The SMILES string of the molecule is COC(=O)[C@H](CCCc1ccc(OC)c(OC)c1)NC(=O)[C@@H]1CCCN(C(=O)/C=C/C2CCN(C(=O)OC(C)(C)C)CC2)C1. The van der Waals surface area contributed by atoms with Crippen LogP contribution >= 0.6 is 0 Å². The number of ether oxygens (including phenoxy) is 4. The lowest BCUT2D eigenvalue weighted by molar-refractivity contribution is -0.146. The highest BCUT2D eigenvalue weighted by Crippen LogP contribution is 2.28. The minimum Gasteiger partial charge on any atom is -0.493 e. The zero-order chi connectivity index (χ0) is 32.3. The van der Waals surface area contributed by atoms with Gasteiger partial charge >= 0.3 is 12.1 Å². The van der Waals surface area contributed by atoms with E-state index < -0.39 is 23.5 Å². The molecule has 2 heterocycles. The van der Waals surface area contributed by atoms with Crippen molar-refractivity contribution >= 4 is 23.9 Å². The summed E-state index contributed by atoms with van der Waals surface area (Å²) < 4.78 is 21.1. The minimum absolute atomic E-state index is 0.128. The molecule has 1 N–H and O–H groups in total. The van der Waals surface area contributed by atoms with Crippen molar-refractivity contribution in [3.8, 4) is 11.5 Å². The maximum Gasteiger partial charge on any atom is 0.410 e. The van der Waals surface area contributed by atoms with Gasteiger partial charge in [-0.3, -0.25) is 9.59 Å². The number of likely N-dealkylation sites (tertiary alicyclic amines) is 2. The second kappa shape index (κ2) is 16.4. The fourth-order valence-corrected chi connectivity index (χ4v) is 5.54. The molecular weight excluding hydrogens is 566 g/mol. The van der Waals surface area contributed by atoms with Gasteiger partial charge in [0.05, 0.1) is 27.2 Å². The molecule has 1 aromatic carbocycles. The molecule has 44 heavy (non-hydrogen) atoms. The van der Waals surface area contributed by atoms with E-state index in [2.05, 4.69) is 5.32 Å². The predicted octanol–water partition coefficient (Wildman–Crippen LogP) is 4.13. The number of methoxy groups -OCH3 is 3. The first-order chi connectivity index (χ1) is 20.9. The quantitative estimate of drug-likeness (QED) is 0.291. The summed E-state index contributed by atoms with van der Waals surface area (Å²) in [5.74, 6) is 0.205. The molecule has 0 radical (unpaired) electrons. The van der Waals surface area contributed by atoms with Gasteiger partial charge in [-0.1, -0.05) is 12.1 Å². The summed E-state index contributed by atoms with van der Waals surface area (Å²) in [6, 6.07) is 4.92. The van der Waals surface area contributed by atoms with Crippen molar-refractivity contribution in [1.82, 2.24) is 15.1 Å². The molecule has 2 fully saturated rings. The Bertz CT molecular complexity index is 1170. The number of amides is 3. The molecule has 0 aromatic heterocycles. The third-order valence-corrected chi connectivity index (χ3v) is 8.01. The third-order valence-electron chi connectivity index (χ3n) is 8.01. The lowest BCUT2D eigenvalue weighted by atomic mass is 9.95. The maximum atomic E-state index is 13.2. The molecule has 2 saturated heterocycles. The number of rotatable bonds is 11. The van der Waals surface area contributed by atoms with Crippen LogP contribution in [0.1, 0.15) is 64.9 Å². The Morgan fingerprint density at radius 2 is 1.68 bits per heavy atom. The van der Waals surface area contributed by atoms with Crippen LogP contribution in [0, 0.1) is 11.8 Å². The van der Waals surface area contributed by atoms with Gasteiger partial charge in [-0.05, 0) is 95.4 Å². The highest BCUT2D eigenvalue weighted by molar-refractivity contribution is 5.89. The van der Waals surface area contributed by atoms with E-state index in [1.54, 1.807) is 30.1 Å². The van der Waals surface area contributed by atoms with Crippen molar-refractivity contribution in [3.63, 3.8) is 0 Å². The van der Waals surface area contributed by atoms with Crippen molar-refractivity contribution < 1.29 is 38.1 Å². The Labute approximate surface area is 261 Å². The zero-order valence-corrected chi connectivity index (χ0v) is 27.1. The molecule has 3 rings (SSSR count). The van der Waals surface area contributed by atoms with E-state index in [9.17, 15) is 19.2 Å². The fraction of sp³-hybridized carbons (Fsp3) is 0.636. The fourth-order valence-electron chi connectivity index (χ4n) is 5.54. The first-order valence-corrected chi connectivity index (χ1v) is 15.5. The van der Waals surface area contributed by atoms with Crippen LogP contribution in [0.15, 0.2) is 30.4 Å². The van der Waals surface area contributed by atoms with Crippen LogP contribution < -0.4 is 14.8 Å². The first-order valence-electron chi connectivity index (χ1n) is 15.5. The molecule has 0 unspecified atom stereocenters. The minimum atomic E-state index is -0.773. The van der Waals surface area contributed by atoms with E-state index >= 15 is 0 Å².